The van der Waals surface area contributed by atoms with Crippen LogP contribution in [0.4, 0.5) is 0 Å². The van der Waals surface area contributed by atoms with Crippen LogP contribution in [0.25, 0.3) is 0 Å². The molecule has 0 unspecified atom stereocenters. The number of hydrogen-bond donors (Lipinski definition) is 0. The number of carbonyl (C=O) groups excluding carboxylic acids is 4. The third kappa shape index (κ3) is 2.00. The van der Waals surface area contributed by atoms with E-state index in [9.17, 15) is 19.2 Å². The van der Waals surface area contributed by atoms with Crippen molar-refractivity contribution in [1.82, 2.24) is 4.90 Å². The minimum atomic E-state index is -1.20. The van der Waals surface area contributed by atoms with Gasteiger partial charge in [-0.05, 0) is 25.0 Å². The van der Waals surface area contributed by atoms with E-state index in [1.165, 1.54) is 0 Å². The monoisotopic (exact) mass is 285 g/mol. The van der Waals surface area contributed by atoms with Gasteiger partial charge in [0.1, 0.15) is 11.3 Å². The van der Waals surface area contributed by atoms with Gasteiger partial charge in [-0.15, -0.1) is 0 Å². The smallest absolute Gasteiger partial charge is 0.261 e. The lowest BCUT2D eigenvalue weighted by atomic mass is 9.78. The Kier molecular flexibility index (Phi) is 3.01. The van der Waals surface area contributed by atoms with Crippen molar-refractivity contribution in [2.24, 2.45) is 0 Å². The van der Waals surface area contributed by atoms with Gasteiger partial charge in [0.05, 0.1) is 12.8 Å². The first-order valence-electron chi connectivity index (χ1n) is 6.94. The van der Waals surface area contributed by atoms with Crippen LogP contribution < -0.4 is 0 Å². The molecular weight excluding hydrogens is 270 g/mol. The largest absolute Gasteiger partial charge is 0.299 e. The molecule has 0 saturated heterocycles. The summed E-state index contributed by atoms with van der Waals surface area (Å²) in [4.78, 5) is 49.7. The molecule has 0 bridgehead atoms. The Morgan fingerprint density at radius 2 is 1.76 bits per heavy atom. The molecule has 2 aliphatic rings. The fourth-order valence-electron chi connectivity index (χ4n) is 3.07. The van der Waals surface area contributed by atoms with Gasteiger partial charge in [0.25, 0.3) is 5.91 Å². The van der Waals surface area contributed by atoms with Crippen molar-refractivity contribution in [3.05, 3.63) is 35.4 Å². The Morgan fingerprint density at radius 3 is 2.48 bits per heavy atom. The van der Waals surface area contributed by atoms with Gasteiger partial charge in [0.2, 0.25) is 5.91 Å². The Bertz CT molecular complexity index is 679. The summed E-state index contributed by atoms with van der Waals surface area (Å²) in [6.07, 6.45) is 0.346. The summed E-state index contributed by atoms with van der Waals surface area (Å²) in [5.74, 6) is -1.29. The van der Waals surface area contributed by atoms with Gasteiger partial charge in [-0.2, -0.15) is 0 Å². The molecule has 1 saturated carbocycles. The zero-order valence-corrected chi connectivity index (χ0v) is 11.7. The lowest BCUT2D eigenvalue weighted by molar-refractivity contribution is -0.147. The van der Waals surface area contributed by atoms with Gasteiger partial charge in [-0.3, -0.25) is 24.1 Å². The molecule has 1 aromatic rings. The average Bonchev–Trinajstić information content (AvgIpc) is 2.44. The standard InChI is InChI=1S/C16H15NO4/c1-16(7-6-11(18)9-13(16)19)17-14(20)8-10-4-2-3-5-12(10)15(17)21/h2-5H,6-9H2,1H3/t16-/m0/s1. The van der Waals surface area contributed by atoms with Gasteiger partial charge in [-0.25, -0.2) is 0 Å². The van der Waals surface area contributed by atoms with Crippen molar-refractivity contribution in [2.45, 2.75) is 38.1 Å². The Labute approximate surface area is 121 Å². The second-order valence-corrected chi connectivity index (χ2v) is 5.78. The van der Waals surface area contributed by atoms with Crippen molar-refractivity contribution >= 4 is 23.4 Å². The number of imide groups is 1. The van der Waals surface area contributed by atoms with Crippen LogP contribution in [-0.2, 0) is 20.8 Å². The molecule has 108 valence electrons. The highest BCUT2D eigenvalue weighted by Crippen LogP contribution is 2.33. The molecule has 0 N–H and O–H groups in total. The fourth-order valence-corrected chi connectivity index (χ4v) is 3.07. The number of ketones is 2. The van der Waals surface area contributed by atoms with E-state index in [0.29, 0.717) is 11.1 Å². The predicted octanol–water partition coefficient (Wildman–Crippen LogP) is 1.29. The van der Waals surface area contributed by atoms with Crippen molar-refractivity contribution in [2.75, 3.05) is 0 Å². The highest BCUT2D eigenvalue weighted by Gasteiger charge is 2.49. The predicted molar refractivity (Wildman–Crippen MR) is 73.6 cm³/mol. The number of nitrogens with zero attached hydrogens (tertiary/aromatic N) is 1. The molecule has 0 radical (unpaired) electrons. The second-order valence-electron chi connectivity index (χ2n) is 5.78. The molecule has 0 aromatic heterocycles. The van der Waals surface area contributed by atoms with Crippen LogP contribution in [0.2, 0.25) is 0 Å². The molecule has 5 heteroatoms. The number of carbonyl (C=O) groups is 4. The van der Waals surface area contributed by atoms with Gasteiger partial charge in [-0.1, -0.05) is 18.2 Å². The van der Waals surface area contributed by atoms with Crippen molar-refractivity contribution in [3.63, 3.8) is 0 Å². The minimum absolute atomic E-state index is 0.110. The molecule has 3 rings (SSSR count). The van der Waals surface area contributed by atoms with Crippen LogP contribution in [0.5, 0.6) is 0 Å². The summed E-state index contributed by atoms with van der Waals surface area (Å²) in [5, 5.41) is 0. The lowest BCUT2D eigenvalue weighted by Crippen LogP contribution is -2.61. The first kappa shape index (κ1) is 13.7. The van der Waals surface area contributed by atoms with E-state index in [0.717, 1.165) is 4.90 Å². The van der Waals surface area contributed by atoms with Gasteiger partial charge in [0.15, 0.2) is 5.78 Å². The quantitative estimate of drug-likeness (QED) is 0.576. The molecular formula is C16H15NO4. The second kappa shape index (κ2) is 4.62. The van der Waals surface area contributed by atoms with Gasteiger partial charge < -0.3 is 0 Å². The SMILES string of the molecule is C[C@]1(N2C(=O)Cc3ccccc3C2=O)CCC(=O)CC1=O. The molecule has 1 atom stereocenters. The average molecular weight is 285 g/mol. The molecule has 1 aromatic carbocycles. The van der Waals surface area contributed by atoms with E-state index < -0.39 is 11.4 Å². The maximum Gasteiger partial charge on any atom is 0.261 e. The topological polar surface area (TPSA) is 71.5 Å². The molecule has 1 aliphatic heterocycles. The summed E-state index contributed by atoms with van der Waals surface area (Å²) in [5.41, 5.74) is -0.0509. The van der Waals surface area contributed by atoms with Crippen LogP contribution in [-0.4, -0.2) is 33.8 Å². The number of benzene rings is 1. The summed E-state index contributed by atoms with van der Waals surface area (Å²) in [6, 6.07) is 6.93. The third-order valence-corrected chi connectivity index (χ3v) is 4.38. The lowest BCUT2D eigenvalue weighted by Gasteiger charge is -2.42. The van der Waals surface area contributed by atoms with Gasteiger partial charge >= 0.3 is 0 Å². The molecule has 5 nitrogen and oxygen atoms in total. The maximum absolute atomic E-state index is 12.6. The number of Topliss-reactive ketones (excluding diaryl/α,β-unsaturated/α-hetero) is 2. The Balaban J connectivity index is 2.03. The Hall–Kier alpha value is -2.30. The van der Waals surface area contributed by atoms with E-state index in [2.05, 4.69) is 0 Å². The maximum atomic E-state index is 12.6. The third-order valence-electron chi connectivity index (χ3n) is 4.38. The van der Waals surface area contributed by atoms with Gasteiger partial charge in [0, 0.05) is 12.0 Å². The summed E-state index contributed by atoms with van der Waals surface area (Å²) < 4.78 is 0. The number of hydrogen-bond acceptors (Lipinski definition) is 4. The van der Waals surface area contributed by atoms with Crippen LogP contribution in [0.3, 0.4) is 0 Å². The molecule has 1 fully saturated rings. The number of amides is 2. The van der Waals surface area contributed by atoms with E-state index in [1.807, 2.05) is 0 Å². The summed E-state index contributed by atoms with van der Waals surface area (Å²) in [7, 11) is 0. The molecule has 21 heavy (non-hydrogen) atoms. The number of fused-ring (bicyclic) bond motifs is 1. The van der Waals surface area contributed by atoms with E-state index in [1.54, 1.807) is 31.2 Å². The summed E-state index contributed by atoms with van der Waals surface area (Å²) in [6.45, 7) is 1.59. The summed E-state index contributed by atoms with van der Waals surface area (Å²) >= 11 is 0. The highest BCUT2D eigenvalue weighted by atomic mass is 16.2. The van der Waals surface area contributed by atoms with Crippen molar-refractivity contribution in [1.29, 1.82) is 0 Å². The molecule has 2 amide bonds. The first-order valence-corrected chi connectivity index (χ1v) is 6.94. The molecule has 1 aliphatic carbocycles. The van der Waals surface area contributed by atoms with E-state index in [4.69, 9.17) is 0 Å². The Morgan fingerprint density at radius 1 is 1.05 bits per heavy atom. The minimum Gasteiger partial charge on any atom is -0.299 e. The van der Waals surface area contributed by atoms with E-state index in [-0.39, 0.29) is 43.2 Å². The highest BCUT2D eigenvalue weighted by molar-refractivity contribution is 6.15. The van der Waals surface area contributed by atoms with E-state index >= 15 is 0 Å². The van der Waals surface area contributed by atoms with Crippen molar-refractivity contribution in [3.8, 4) is 0 Å². The first-order chi connectivity index (χ1) is 9.93. The van der Waals surface area contributed by atoms with Crippen LogP contribution in [0.1, 0.15) is 42.1 Å². The van der Waals surface area contributed by atoms with Crippen LogP contribution in [0, 0.1) is 0 Å². The zero-order valence-electron chi connectivity index (χ0n) is 11.7. The van der Waals surface area contributed by atoms with Crippen LogP contribution in [0.15, 0.2) is 24.3 Å². The molecule has 0 spiro atoms. The fraction of sp³-hybridized carbons (Fsp3) is 0.375. The van der Waals surface area contributed by atoms with Crippen LogP contribution >= 0.6 is 0 Å². The molecule has 1 heterocycles. The van der Waals surface area contributed by atoms with Crippen molar-refractivity contribution < 1.29 is 19.2 Å². The number of rotatable bonds is 1. The zero-order chi connectivity index (χ0) is 15.2. The normalized spacial score (nSPS) is 26.0.